The SMILES string of the molecule is Nc1cn(CCC(O)C(O)CO)c(=O)nc1N. The molecule has 8 heteroatoms. The summed E-state index contributed by atoms with van der Waals surface area (Å²) in [5, 5.41) is 27.1. The molecule has 1 aromatic heterocycles. The first-order valence-electron chi connectivity index (χ1n) is 5.05. The van der Waals surface area contributed by atoms with E-state index in [0.29, 0.717) is 0 Å². The van der Waals surface area contributed by atoms with E-state index < -0.39 is 24.5 Å². The first kappa shape index (κ1) is 13.4. The lowest BCUT2D eigenvalue weighted by Crippen LogP contribution is -2.32. The molecule has 2 atom stereocenters. The Hall–Kier alpha value is -1.64. The molecule has 17 heavy (non-hydrogen) atoms. The summed E-state index contributed by atoms with van der Waals surface area (Å²) in [5.41, 5.74) is 10.4. The molecule has 0 fully saturated rings. The van der Waals surface area contributed by atoms with Crippen molar-refractivity contribution < 1.29 is 15.3 Å². The van der Waals surface area contributed by atoms with Crippen molar-refractivity contribution in [3.63, 3.8) is 0 Å². The van der Waals surface area contributed by atoms with E-state index in [4.69, 9.17) is 21.7 Å². The summed E-state index contributed by atoms with van der Waals surface area (Å²) in [7, 11) is 0. The van der Waals surface area contributed by atoms with Gasteiger partial charge in [-0.15, -0.1) is 0 Å². The number of aryl methyl sites for hydroxylation is 1. The van der Waals surface area contributed by atoms with Crippen LogP contribution in [0, 0.1) is 0 Å². The van der Waals surface area contributed by atoms with Crippen LogP contribution in [0.25, 0.3) is 0 Å². The molecule has 0 aromatic carbocycles. The van der Waals surface area contributed by atoms with Crippen LogP contribution in [0.3, 0.4) is 0 Å². The summed E-state index contributed by atoms with van der Waals surface area (Å²) in [5.74, 6) is -0.0396. The van der Waals surface area contributed by atoms with Crippen LogP contribution in [0.4, 0.5) is 11.5 Å². The van der Waals surface area contributed by atoms with Crippen molar-refractivity contribution in [2.24, 2.45) is 0 Å². The second kappa shape index (κ2) is 5.62. The standard InChI is InChI=1S/C9H16N4O4/c10-5-3-13(9(17)12-8(5)11)2-1-6(15)7(16)4-14/h3,6-7,14-16H,1-2,4,10H2,(H2,11,12,17). The van der Waals surface area contributed by atoms with Crippen LogP contribution in [0.1, 0.15) is 6.42 Å². The average molecular weight is 244 g/mol. The number of nitrogen functional groups attached to an aromatic ring is 2. The van der Waals surface area contributed by atoms with Crippen LogP contribution >= 0.6 is 0 Å². The van der Waals surface area contributed by atoms with Crippen LogP contribution in [0.5, 0.6) is 0 Å². The van der Waals surface area contributed by atoms with Crippen molar-refractivity contribution >= 4 is 11.5 Å². The number of hydrogen-bond acceptors (Lipinski definition) is 7. The van der Waals surface area contributed by atoms with Crippen molar-refractivity contribution in [1.29, 1.82) is 0 Å². The van der Waals surface area contributed by atoms with E-state index in [1.165, 1.54) is 10.8 Å². The Morgan fingerprint density at radius 1 is 1.35 bits per heavy atom. The first-order chi connectivity index (χ1) is 7.95. The molecule has 0 aliphatic carbocycles. The minimum Gasteiger partial charge on any atom is -0.395 e. The quantitative estimate of drug-likeness (QED) is 0.385. The van der Waals surface area contributed by atoms with Gasteiger partial charge in [-0.2, -0.15) is 4.98 Å². The number of hydrogen-bond donors (Lipinski definition) is 5. The normalized spacial score (nSPS) is 14.5. The molecule has 0 aliphatic heterocycles. The Balaban J connectivity index is 2.70. The zero-order valence-corrected chi connectivity index (χ0v) is 9.15. The molecule has 0 radical (unpaired) electrons. The molecule has 0 spiro atoms. The first-order valence-corrected chi connectivity index (χ1v) is 5.05. The van der Waals surface area contributed by atoms with E-state index in [-0.39, 0.29) is 24.5 Å². The van der Waals surface area contributed by atoms with Gasteiger partial charge in [0.25, 0.3) is 0 Å². The van der Waals surface area contributed by atoms with Crippen LogP contribution in [-0.4, -0.2) is 43.7 Å². The fraction of sp³-hybridized carbons (Fsp3) is 0.556. The van der Waals surface area contributed by atoms with Crippen LogP contribution in [0.2, 0.25) is 0 Å². The number of aliphatic hydroxyl groups excluding tert-OH is 3. The maximum absolute atomic E-state index is 11.4. The van der Waals surface area contributed by atoms with Crippen molar-refractivity contribution in [3.8, 4) is 0 Å². The third kappa shape index (κ3) is 3.41. The molecule has 0 bridgehead atoms. The second-order valence-electron chi connectivity index (χ2n) is 3.66. The molecule has 0 saturated carbocycles. The monoisotopic (exact) mass is 244 g/mol. The van der Waals surface area contributed by atoms with E-state index in [1.54, 1.807) is 0 Å². The van der Waals surface area contributed by atoms with Crippen molar-refractivity contribution in [3.05, 3.63) is 16.7 Å². The number of aliphatic hydroxyl groups is 3. The maximum Gasteiger partial charge on any atom is 0.349 e. The van der Waals surface area contributed by atoms with Crippen molar-refractivity contribution in [2.45, 2.75) is 25.2 Å². The largest absolute Gasteiger partial charge is 0.395 e. The lowest BCUT2D eigenvalue weighted by Gasteiger charge is -2.16. The number of rotatable bonds is 5. The summed E-state index contributed by atoms with van der Waals surface area (Å²) >= 11 is 0. The van der Waals surface area contributed by atoms with E-state index >= 15 is 0 Å². The molecule has 96 valence electrons. The molecule has 1 heterocycles. The van der Waals surface area contributed by atoms with Crippen molar-refractivity contribution in [1.82, 2.24) is 9.55 Å². The zero-order chi connectivity index (χ0) is 13.0. The van der Waals surface area contributed by atoms with Gasteiger partial charge in [0.05, 0.1) is 18.4 Å². The van der Waals surface area contributed by atoms with E-state index in [9.17, 15) is 9.90 Å². The fourth-order valence-corrected chi connectivity index (χ4v) is 1.27. The Kier molecular flexibility index (Phi) is 4.44. The highest BCUT2D eigenvalue weighted by Crippen LogP contribution is 2.07. The van der Waals surface area contributed by atoms with Crippen LogP contribution in [0.15, 0.2) is 11.0 Å². The lowest BCUT2D eigenvalue weighted by molar-refractivity contribution is -0.0194. The molecule has 0 aliphatic rings. The molecular weight excluding hydrogens is 228 g/mol. The Labute approximate surface area is 97.1 Å². The Morgan fingerprint density at radius 2 is 2.00 bits per heavy atom. The third-order valence-electron chi connectivity index (χ3n) is 2.35. The molecule has 0 amide bonds. The van der Waals surface area contributed by atoms with Crippen molar-refractivity contribution in [2.75, 3.05) is 18.1 Å². The predicted molar refractivity (Wildman–Crippen MR) is 61.0 cm³/mol. The summed E-state index contributed by atoms with van der Waals surface area (Å²) in [4.78, 5) is 14.8. The lowest BCUT2D eigenvalue weighted by atomic mass is 10.1. The number of nitrogens with zero attached hydrogens (tertiary/aromatic N) is 2. The highest BCUT2D eigenvalue weighted by Gasteiger charge is 2.15. The predicted octanol–water partition coefficient (Wildman–Crippen LogP) is -2.49. The second-order valence-corrected chi connectivity index (χ2v) is 3.66. The molecule has 0 saturated heterocycles. The minimum absolute atomic E-state index is 0.0396. The minimum atomic E-state index is -1.23. The van der Waals surface area contributed by atoms with Gasteiger partial charge >= 0.3 is 5.69 Å². The Bertz CT molecular complexity index is 433. The van der Waals surface area contributed by atoms with E-state index in [2.05, 4.69) is 4.98 Å². The molecule has 8 nitrogen and oxygen atoms in total. The zero-order valence-electron chi connectivity index (χ0n) is 9.15. The van der Waals surface area contributed by atoms with Crippen LogP contribution in [-0.2, 0) is 6.54 Å². The molecular formula is C9H16N4O4. The van der Waals surface area contributed by atoms with Gasteiger partial charge in [0.15, 0.2) is 5.82 Å². The number of nitrogens with two attached hydrogens (primary N) is 2. The molecule has 7 N–H and O–H groups in total. The summed E-state index contributed by atoms with van der Waals surface area (Å²) in [6.45, 7) is -0.424. The van der Waals surface area contributed by atoms with Gasteiger partial charge in [0.2, 0.25) is 0 Å². The highest BCUT2D eigenvalue weighted by atomic mass is 16.4. The van der Waals surface area contributed by atoms with E-state index in [0.717, 1.165) is 0 Å². The van der Waals surface area contributed by atoms with Gasteiger partial charge in [0, 0.05) is 12.7 Å². The topological polar surface area (TPSA) is 148 Å². The molecule has 2 unspecified atom stereocenters. The van der Waals surface area contributed by atoms with Crippen LogP contribution < -0.4 is 17.2 Å². The summed E-state index contributed by atoms with van der Waals surface area (Å²) in [6.07, 6.45) is -0.939. The number of anilines is 2. The highest BCUT2D eigenvalue weighted by molar-refractivity contribution is 5.55. The Morgan fingerprint density at radius 3 is 2.59 bits per heavy atom. The van der Waals surface area contributed by atoms with Gasteiger partial charge in [0.1, 0.15) is 6.10 Å². The smallest absolute Gasteiger partial charge is 0.349 e. The molecule has 1 rings (SSSR count). The van der Waals surface area contributed by atoms with Gasteiger partial charge < -0.3 is 26.8 Å². The van der Waals surface area contributed by atoms with Gasteiger partial charge in [-0.25, -0.2) is 4.79 Å². The fourth-order valence-electron chi connectivity index (χ4n) is 1.27. The summed E-state index contributed by atoms with van der Waals surface area (Å²) in [6, 6.07) is 0. The average Bonchev–Trinajstić information content (AvgIpc) is 2.30. The third-order valence-corrected chi connectivity index (χ3v) is 2.35. The number of aromatic nitrogens is 2. The van der Waals surface area contributed by atoms with Gasteiger partial charge in [-0.1, -0.05) is 0 Å². The molecule has 1 aromatic rings. The van der Waals surface area contributed by atoms with E-state index in [1.807, 2.05) is 0 Å². The summed E-state index contributed by atoms with van der Waals surface area (Å²) < 4.78 is 1.18. The van der Waals surface area contributed by atoms with Gasteiger partial charge in [-0.3, -0.25) is 4.57 Å². The van der Waals surface area contributed by atoms with Gasteiger partial charge in [-0.05, 0) is 6.42 Å². The maximum atomic E-state index is 11.4.